The Bertz CT molecular complexity index is 825. The molecule has 106 valence electrons. The lowest BCUT2D eigenvalue weighted by molar-refractivity contribution is 0.0598. The van der Waals surface area contributed by atoms with Gasteiger partial charge >= 0.3 is 5.97 Å². The molecule has 0 saturated carbocycles. The summed E-state index contributed by atoms with van der Waals surface area (Å²) in [7, 11) is 1.34. The Labute approximate surface area is 126 Å². The van der Waals surface area contributed by atoms with Gasteiger partial charge in [-0.1, -0.05) is 23.7 Å². The van der Waals surface area contributed by atoms with E-state index in [9.17, 15) is 4.79 Å². The summed E-state index contributed by atoms with van der Waals surface area (Å²) < 4.78 is 6.37. The Morgan fingerprint density at radius 3 is 2.62 bits per heavy atom. The number of aromatic nitrogens is 3. The van der Waals surface area contributed by atoms with E-state index in [4.69, 9.17) is 16.3 Å². The predicted octanol–water partition coefficient (Wildman–Crippen LogP) is 3.14. The highest BCUT2D eigenvalue weighted by molar-refractivity contribution is 6.30. The second kappa shape index (κ2) is 5.18. The maximum Gasteiger partial charge on any atom is 0.341 e. The lowest BCUT2D eigenvalue weighted by Crippen LogP contribution is -2.09. The number of carbonyl (C=O) groups excluding carboxylic acids is 1. The Kier molecular flexibility index (Phi) is 3.35. The molecule has 0 saturated heterocycles. The van der Waals surface area contributed by atoms with Gasteiger partial charge in [0, 0.05) is 16.8 Å². The van der Waals surface area contributed by atoms with Crippen LogP contribution in [0.5, 0.6) is 0 Å². The summed E-state index contributed by atoms with van der Waals surface area (Å²) in [6, 6.07) is 7.45. The summed E-state index contributed by atoms with van der Waals surface area (Å²) >= 11 is 5.90. The number of rotatable bonds is 2. The Morgan fingerprint density at radius 1 is 1.24 bits per heavy atom. The monoisotopic (exact) mass is 301 g/mol. The van der Waals surface area contributed by atoms with Crippen molar-refractivity contribution in [2.75, 3.05) is 7.11 Å². The highest BCUT2D eigenvalue weighted by atomic mass is 35.5. The third kappa shape index (κ3) is 2.25. The molecule has 2 aromatic heterocycles. The zero-order valence-electron chi connectivity index (χ0n) is 11.5. The van der Waals surface area contributed by atoms with Crippen LogP contribution in [0.15, 0.2) is 36.7 Å². The summed E-state index contributed by atoms with van der Waals surface area (Å²) in [5.74, 6) is -0.426. The number of halogens is 1. The number of hydrogen-bond acceptors (Lipinski definition) is 4. The van der Waals surface area contributed by atoms with Crippen LogP contribution in [0, 0.1) is 6.92 Å². The number of hydrogen-bond donors (Lipinski definition) is 0. The molecule has 3 aromatic rings. The molecule has 0 amide bonds. The molecule has 0 aliphatic rings. The van der Waals surface area contributed by atoms with Gasteiger partial charge in [-0.05, 0) is 24.6 Å². The number of esters is 1. The third-order valence-corrected chi connectivity index (χ3v) is 3.58. The zero-order valence-corrected chi connectivity index (χ0v) is 12.3. The molecule has 0 spiro atoms. The molecule has 0 unspecified atom stereocenters. The molecule has 2 heterocycles. The van der Waals surface area contributed by atoms with Gasteiger partial charge in [0.05, 0.1) is 24.6 Å². The van der Waals surface area contributed by atoms with Crippen molar-refractivity contribution in [2.45, 2.75) is 6.92 Å². The quantitative estimate of drug-likeness (QED) is 0.682. The van der Waals surface area contributed by atoms with Crippen LogP contribution in [0.4, 0.5) is 0 Å². The average molecular weight is 302 g/mol. The minimum Gasteiger partial charge on any atom is -0.465 e. The van der Waals surface area contributed by atoms with Crippen LogP contribution < -0.4 is 0 Å². The lowest BCUT2D eigenvalue weighted by atomic mass is 10.1. The van der Waals surface area contributed by atoms with Crippen LogP contribution >= 0.6 is 11.6 Å². The van der Waals surface area contributed by atoms with E-state index in [-0.39, 0.29) is 0 Å². The molecular weight excluding hydrogens is 290 g/mol. The maximum atomic E-state index is 11.7. The molecule has 3 rings (SSSR count). The smallest absolute Gasteiger partial charge is 0.341 e. The fourth-order valence-corrected chi connectivity index (χ4v) is 2.31. The van der Waals surface area contributed by atoms with Crippen molar-refractivity contribution in [1.82, 2.24) is 14.6 Å². The van der Waals surface area contributed by atoms with Crippen molar-refractivity contribution in [3.63, 3.8) is 0 Å². The number of nitrogens with zero attached hydrogens (tertiary/aromatic N) is 3. The van der Waals surface area contributed by atoms with E-state index in [1.165, 1.54) is 13.3 Å². The summed E-state index contributed by atoms with van der Waals surface area (Å²) in [6.07, 6.45) is 3.23. The number of aryl methyl sites for hydroxylation is 1. The van der Waals surface area contributed by atoms with Crippen LogP contribution in [0.3, 0.4) is 0 Å². The van der Waals surface area contributed by atoms with Gasteiger partial charge in [-0.2, -0.15) is 5.10 Å². The number of methoxy groups -OCH3 is 1. The van der Waals surface area contributed by atoms with E-state index in [0.717, 1.165) is 11.1 Å². The topological polar surface area (TPSA) is 56.5 Å². The largest absolute Gasteiger partial charge is 0.465 e. The van der Waals surface area contributed by atoms with E-state index in [1.807, 2.05) is 24.3 Å². The minimum absolute atomic E-state index is 0.399. The Hall–Kier alpha value is -2.40. The molecule has 21 heavy (non-hydrogen) atoms. The van der Waals surface area contributed by atoms with Gasteiger partial charge in [-0.15, -0.1) is 0 Å². The van der Waals surface area contributed by atoms with Crippen molar-refractivity contribution in [3.05, 3.63) is 52.9 Å². The molecule has 0 aliphatic heterocycles. The number of fused-ring (bicyclic) bond motifs is 1. The molecule has 0 fully saturated rings. The van der Waals surface area contributed by atoms with Crippen LogP contribution in [0.1, 0.15) is 16.1 Å². The van der Waals surface area contributed by atoms with E-state index < -0.39 is 5.97 Å². The molecule has 0 radical (unpaired) electrons. The van der Waals surface area contributed by atoms with Crippen LogP contribution in [0.25, 0.3) is 16.8 Å². The molecule has 0 aliphatic carbocycles. The van der Waals surface area contributed by atoms with Crippen LogP contribution in [-0.2, 0) is 4.74 Å². The Balaban J connectivity index is 2.18. The van der Waals surface area contributed by atoms with E-state index in [1.54, 1.807) is 17.6 Å². The standard InChI is InChI=1S/C15H12ClN3O2/c1-9-12(15(20)21-2)7-17-14-13(8-18-19(9)14)10-3-5-11(16)6-4-10/h3-8H,1-2H3. The Morgan fingerprint density at radius 2 is 1.95 bits per heavy atom. The fourth-order valence-electron chi connectivity index (χ4n) is 2.19. The maximum absolute atomic E-state index is 11.7. The van der Waals surface area contributed by atoms with Crippen molar-refractivity contribution >= 4 is 23.2 Å². The van der Waals surface area contributed by atoms with Crippen molar-refractivity contribution < 1.29 is 9.53 Å². The minimum atomic E-state index is -0.426. The van der Waals surface area contributed by atoms with Crippen molar-refractivity contribution in [2.24, 2.45) is 0 Å². The van der Waals surface area contributed by atoms with Crippen LogP contribution in [0.2, 0.25) is 5.02 Å². The van der Waals surface area contributed by atoms with E-state index >= 15 is 0 Å². The van der Waals surface area contributed by atoms with Crippen molar-refractivity contribution in [3.8, 4) is 11.1 Å². The molecule has 0 atom stereocenters. The fraction of sp³-hybridized carbons (Fsp3) is 0.133. The summed E-state index contributed by atoms with van der Waals surface area (Å²) in [5.41, 5.74) is 3.61. The average Bonchev–Trinajstić information content (AvgIpc) is 2.92. The molecular formula is C15H12ClN3O2. The number of carbonyl (C=O) groups is 1. The summed E-state index contributed by atoms with van der Waals surface area (Å²) in [6.45, 7) is 1.81. The molecule has 6 heteroatoms. The molecule has 5 nitrogen and oxygen atoms in total. The first-order valence-corrected chi connectivity index (χ1v) is 6.67. The van der Waals surface area contributed by atoms with E-state index in [2.05, 4.69) is 10.1 Å². The summed E-state index contributed by atoms with van der Waals surface area (Å²) in [5, 5.41) is 4.98. The first kappa shape index (κ1) is 13.6. The molecule has 1 aromatic carbocycles. The van der Waals surface area contributed by atoms with Gasteiger partial charge in [0.2, 0.25) is 0 Å². The zero-order chi connectivity index (χ0) is 15.0. The lowest BCUT2D eigenvalue weighted by Gasteiger charge is -2.06. The second-order valence-corrected chi connectivity index (χ2v) is 4.99. The van der Waals surface area contributed by atoms with Gasteiger partial charge in [-0.25, -0.2) is 14.3 Å². The van der Waals surface area contributed by atoms with Gasteiger partial charge in [-0.3, -0.25) is 0 Å². The highest BCUT2D eigenvalue weighted by Gasteiger charge is 2.16. The SMILES string of the molecule is COC(=O)c1cnc2c(-c3ccc(Cl)cc3)cnn2c1C. The number of ether oxygens (including phenoxy) is 1. The van der Waals surface area contributed by atoms with Gasteiger partial charge in [0.15, 0.2) is 5.65 Å². The van der Waals surface area contributed by atoms with Crippen molar-refractivity contribution in [1.29, 1.82) is 0 Å². The molecule has 0 bridgehead atoms. The number of benzene rings is 1. The molecule has 0 N–H and O–H groups in total. The van der Waals surface area contributed by atoms with Gasteiger partial charge < -0.3 is 4.74 Å². The summed E-state index contributed by atoms with van der Waals surface area (Å²) in [4.78, 5) is 16.0. The third-order valence-electron chi connectivity index (χ3n) is 3.33. The predicted molar refractivity (Wildman–Crippen MR) is 79.5 cm³/mol. The van der Waals surface area contributed by atoms with Gasteiger partial charge in [0.1, 0.15) is 0 Å². The van der Waals surface area contributed by atoms with E-state index in [0.29, 0.717) is 21.9 Å². The van der Waals surface area contributed by atoms with Gasteiger partial charge in [0.25, 0.3) is 0 Å². The normalized spacial score (nSPS) is 10.8. The highest BCUT2D eigenvalue weighted by Crippen LogP contribution is 2.25. The first-order valence-electron chi connectivity index (χ1n) is 6.29. The second-order valence-electron chi connectivity index (χ2n) is 4.55. The van der Waals surface area contributed by atoms with Crippen LogP contribution in [-0.4, -0.2) is 27.7 Å². The first-order chi connectivity index (χ1) is 10.1.